The molecule has 0 spiro atoms. The molecule has 1 fully saturated rings. The van der Waals surface area contributed by atoms with Crippen molar-refractivity contribution in [1.82, 2.24) is 4.98 Å². The maximum Gasteiger partial charge on any atom is 0.301 e. The molecule has 0 aliphatic carbocycles. The van der Waals surface area contributed by atoms with Gasteiger partial charge < -0.3 is 14.6 Å². The summed E-state index contributed by atoms with van der Waals surface area (Å²) in [5, 5.41) is 13.6. The molecule has 4 aromatic rings. The normalized spacial score (nSPS) is 17.2. The van der Waals surface area contributed by atoms with Crippen molar-refractivity contribution in [1.29, 1.82) is 0 Å². The van der Waals surface area contributed by atoms with E-state index >= 15 is 0 Å². The van der Waals surface area contributed by atoms with E-state index in [-0.39, 0.29) is 11.3 Å². The number of ketones is 1. The molecule has 0 radical (unpaired) electrons. The Morgan fingerprint density at radius 3 is 2.57 bits per heavy atom. The lowest BCUT2D eigenvalue weighted by Crippen LogP contribution is -2.28. The van der Waals surface area contributed by atoms with Crippen LogP contribution in [0.5, 0.6) is 11.5 Å². The number of carbonyl (C=O) groups is 2. The Balaban J connectivity index is 1.59. The summed E-state index contributed by atoms with van der Waals surface area (Å²) in [6, 6.07) is 13.6. The zero-order chi connectivity index (χ0) is 26.3. The molecule has 1 amide bonds. The van der Waals surface area contributed by atoms with Crippen LogP contribution in [0.4, 0.5) is 5.13 Å². The predicted molar refractivity (Wildman–Crippen MR) is 147 cm³/mol. The van der Waals surface area contributed by atoms with E-state index in [2.05, 4.69) is 18.8 Å². The molecule has 1 unspecified atom stereocenters. The van der Waals surface area contributed by atoms with Crippen molar-refractivity contribution >= 4 is 55.5 Å². The van der Waals surface area contributed by atoms with Gasteiger partial charge in [0.1, 0.15) is 23.3 Å². The number of aliphatic hydroxyl groups is 1. The summed E-state index contributed by atoms with van der Waals surface area (Å²) in [6.07, 6.45) is 0. The number of thiophene rings is 1. The second-order valence-electron chi connectivity index (χ2n) is 9.20. The quantitative estimate of drug-likeness (QED) is 0.169. The van der Waals surface area contributed by atoms with Gasteiger partial charge >= 0.3 is 5.91 Å². The highest BCUT2D eigenvalue weighted by Gasteiger charge is 2.48. The number of benzene rings is 2. The number of rotatable bonds is 7. The van der Waals surface area contributed by atoms with Gasteiger partial charge in [0, 0.05) is 10.4 Å². The summed E-state index contributed by atoms with van der Waals surface area (Å²) in [7, 11) is 1.61. The van der Waals surface area contributed by atoms with Gasteiger partial charge in [-0.15, -0.1) is 11.3 Å². The number of thiazole rings is 1. The van der Waals surface area contributed by atoms with Crippen LogP contribution in [-0.4, -0.2) is 35.5 Å². The molecule has 9 heteroatoms. The second kappa shape index (κ2) is 9.99. The van der Waals surface area contributed by atoms with Crippen molar-refractivity contribution in [3.63, 3.8) is 0 Å². The van der Waals surface area contributed by atoms with E-state index in [9.17, 15) is 14.7 Å². The van der Waals surface area contributed by atoms with Gasteiger partial charge in [0.05, 0.1) is 29.5 Å². The largest absolute Gasteiger partial charge is 0.507 e. The van der Waals surface area contributed by atoms with Crippen LogP contribution < -0.4 is 14.4 Å². The fourth-order valence-electron chi connectivity index (χ4n) is 4.24. The first kappa shape index (κ1) is 25.0. The number of methoxy groups -OCH3 is 1. The summed E-state index contributed by atoms with van der Waals surface area (Å²) in [6.45, 7) is 6.62. The second-order valence-corrected chi connectivity index (χ2v) is 11.2. The Bertz CT molecular complexity index is 1500. The first-order valence-corrected chi connectivity index (χ1v) is 13.5. The number of aliphatic hydroxyl groups excluding tert-OH is 1. The lowest BCUT2D eigenvalue weighted by Gasteiger charge is -2.21. The maximum atomic E-state index is 13.4. The van der Waals surface area contributed by atoms with Crippen molar-refractivity contribution < 1.29 is 24.2 Å². The summed E-state index contributed by atoms with van der Waals surface area (Å²) >= 11 is 2.72. The zero-order valence-electron chi connectivity index (χ0n) is 20.8. The van der Waals surface area contributed by atoms with Gasteiger partial charge in [-0.2, -0.15) is 0 Å². The number of nitrogens with zero attached hydrogens (tertiary/aromatic N) is 2. The molecule has 0 saturated carbocycles. The van der Waals surface area contributed by atoms with Crippen molar-refractivity contribution in [2.75, 3.05) is 18.6 Å². The topological polar surface area (TPSA) is 89.0 Å². The molecule has 2 aromatic carbocycles. The van der Waals surface area contributed by atoms with E-state index in [0.29, 0.717) is 34.5 Å². The van der Waals surface area contributed by atoms with Gasteiger partial charge in [-0.1, -0.05) is 31.3 Å². The summed E-state index contributed by atoms with van der Waals surface area (Å²) in [5.74, 6) is 0.0698. The molecule has 1 aliphatic heterocycles. The Labute approximate surface area is 222 Å². The number of aromatic nitrogens is 1. The van der Waals surface area contributed by atoms with Crippen LogP contribution >= 0.6 is 22.7 Å². The summed E-state index contributed by atoms with van der Waals surface area (Å²) in [4.78, 5) is 33.6. The molecule has 1 saturated heterocycles. The fraction of sp³-hybridized carbons (Fsp3) is 0.250. The maximum absolute atomic E-state index is 13.4. The van der Waals surface area contributed by atoms with E-state index in [1.165, 1.54) is 27.6 Å². The molecule has 7 nitrogen and oxygen atoms in total. The fourth-order valence-corrected chi connectivity index (χ4v) is 6.07. The van der Waals surface area contributed by atoms with E-state index in [4.69, 9.17) is 9.47 Å². The third-order valence-corrected chi connectivity index (χ3v) is 8.01. The molecule has 190 valence electrons. The van der Waals surface area contributed by atoms with Crippen LogP contribution in [0, 0.1) is 12.8 Å². The third-order valence-electron chi connectivity index (χ3n) is 6.07. The molecule has 0 bridgehead atoms. The number of hydrogen-bond donors (Lipinski definition) is 1. The minimum absolute atomic E-state index is 0.0383. The predicted octanol–water partition coefficient (Wildman–Crippen LogP) is 6.34. The Hall–Kier alpha value is -3.69. The lowest BCUT2D eigenvalue weighted by molar-refractivity contribution is -0.132. The first-order valence-electron chi connectivity index (χ1n) is 11.8. The summed E-state index contributed by atoms with van der Waals surface area (Å²) < 4.78 is 12.0. The molecule has 3 heterocycles. The molecule has 37 heavy (non-hydrogen) atoms. The number of amides is 1. The Kier molecular flexibility index (Phi) is 6.74. The molecule has 1 N–H and O–H groups in total. The number of fused-ring (bicyclic) bond motifs is 1. The van der Waals surface area contributed by atoms with Crippen LogP contribution in [0.25, 0.3) is 16.0 Å². The number of carbonyl (C=O) groups excluding carboxylic acids is 2. The van der Waals surface area contributed by atoms with Gasteiger partial charge in [0.15, 0.2) is 5.13 Å². The number of Topliss-reactive ketones (excluding diaryl/α,β-unsaturated/α-hetero) is 1. The highest BCUT2D eigenvalue weighted by molar-refractivity contribution is 7.22. The smallest absolute Gasteiger partial charge is 0.301 e. The van der Waals surface area contributed by atoms with Crippen molar-refractivity contribution in [2.45, 2.75) is 26.8 Å². The van der Waals surface area contributed by atoms with Crippen LogP contribution in [0.1, 0.15) is 35.9 Å². The van der Waals surface area contributed by atoms with Crippen LogP contribution in [0.15, 0.2) is 59.5 Å². The third kappa shape index (κ3) is 4.60. The summed E-state index contributed by atoms with van der Waals surface area (Å²) in [5.41, 5.74) is 2.10. The number of hydrogen-bond acceptors (Lipinski definition) is 8. The average molecular weight is 535 g/mol. The van der Waals surface area contributed by atoms with Crippen molar-refractivity contribution in [3.05, 3.63) is 75.5 Å². The number of ether oxygens (including phenoxy) is 2. The van der Waals surface area contributed by atoms with Gasteiger partial charge in [0.2, 0.25) is 0 Å². The minimum atomic E-state index is -0.791. The molecule has 1 aliphatic rings. The van der Waals surface area contributed by atoms with E-state index < -0.39 is 17.7 Å². The van der Waals surface area contributed by atoms with Crippen LogP contribution in [-0.2, 0) is 9.59 Å². The highest BCUT2D eigenvalue weighted by Crippen LogP contribution is 2.46. The molecule has 2 aromatic heterocycles. The zero-order valence-corrected chi connectivity index (χ0v) is 22.5. The Morgan fingerprint density at radius 2 is 1.92 bits per heavy atom. The van der Waals surface area contributed by atoms with E-state index in [1.807, 2.05) is 36.6 Å². The standard InChI is InChI=1S/C28H26N2O5S2/c1-15(2)14-35-18-9-7-17(8-10-18)25(31)23-24(21-6-5-11-36-21)30(27(33)26(23)32)28-29-19-12-16(3)20(34-4)13-22(19)37-28/h5-13,15,24,31H,14H2,1-4H3/b25-23+. The SMILES string of the molecule is COc1cc2sc(N3C(=O)C(=O)/C(=C(/O)c4ccc(OCC(C)C)cc4)C3c3cccs3)nc2cc1C. The lowest BCUT2D eigenvalue weighted by atomic mass is 10.00. The highest BCUT2D eigenvalue weighted by atomic mass is 32.1. The van der Waals surface area contributed by atoms with E-state index in [1.54, 1.807) is 31.4 Å². The first-order chi connectivity index (χ1) is 17.8. The minimum Gasteiger partial charge on any atom is -0.507 e. The van der Waals surface area contributed by atoms with Crippen molar-refractivity contribution in [3.8, 4) is 11.5 Å². The van der Waals surface area contributed by atoms with Gasteiger partial charge in [-0.25, -0.2) is 4.98 Å². The monoisotopic (exact) mass is 534 g/mol. The van der Waals surface area contributed by atoms with Gasteiger partial charge in [-0.3, -0.25) is 14.5 Å². The molecular formula is C28H26N2O5S2. The molecular weight excluding hydrogens is 508 g/mol. The van der Waals surface area contributed by atoms with Crippen LogP contribution in [0.3, 0.4) is 0 Å². The van der Waals surface area contributed by atoms with Crippen LogP contribution in [0.2, 0.25) is 0 Å². The molecule has 5 rings (SSSR count). The van der Waals surface area contributed by atoms with Gasteiger partial charge in [0.25, 0.3) is 5.78 Å². The molecule has 1 atom stereocenters. The Morgan fingerprint density at radius 1 is 1.16 bits per heavy atom. The van der Waals surface area contributed by atoms with Crippen molar-refractivity contribution in [2.24, 2.45) is 5.92 Å². The average Bonchev–Trinajstić information content (AvgIpc) is 3.61. The van der Waals surface area contributed by atoms with E-state index in [0.717, 1.165) is 20.9 Å². The van der Waals surface area contributed by atoms with Gasteiger partial charge in [-0.05, 0) is 66.2 Å². The number of anilines is 1. The number of aryl methyl sites for hydroxylation is 1.